The van der Waals surface area contributed by atoms with Crippen LogP contribution in [0.5, 0.6) is 5.75 Å². The summed E-state index contributed by atoms with van der Waals surface area (Å²) in [6, 6.07) is 7.98. The first-order valence-corrected chi connectivity index (χ1v) is 7.45. The lowest BCUT2D eigenvalue weighted by Crippen LogP contribution is -2.34. The van der Waals surface area contributed by atoms with Crippen molar-refractivity contribution in [1.29, 1.82) is 0 Å². The Morgan fingerprint density at radius 2 is 2.14 bits per heavy atom. The molecule has 1 aromatic heterocycles. The molecule has 2 aromatic rings. The quantitative estimate of drug-likeness (QED) is 0.869. The summed E-state index contributed by atoms with van der Waals surface area (Å²) >= 11 is 0. The monoisotopic (exact) mass is 307 g/mol. The largest absolute Gasteiger partial charge is 0.492 e. The van der Waals surface area contributed by atoms with Crippen LogP contribution in [0.1, 0.15) is 24.2 Å². The molecular weight excluding hydrogens is 288 g/mol. The molecule has 1 aliphatic heterocycles. The summed E-state index contributed by atoms with van der Waals surface area (Å²) in [5.74, 6) is 0.555. The molecule has 0 amide bonds. The number of halogens is 2. The van der Waals surface area contributed by atoms with E-state index in [9.17, 15) is 8.78 Å². The lowest BCUT2D eigenvalue weighted by atomic mass is 10.0. The van der Waals surface area contributed by atoms with Gasteiger partial charge in [-0.15, -0.1) is 0 Å². The van der Waals surface area contributed by atoms with Crippen molar-refractivity contribution in [1.82, 2.24) is 14.7 Å². The molecule has 2 heterocycles. The van der Waals surface area contributed by atoms with Crippen molar-refractivity contribution in [3.63, 3.8) is 0 Å². The molecule has 22 heavy (non-hydrogen) atoms. The Morgan fingerprint density at radius 3 is 2.91 bits per heavy atom. The van der Waals surface area contributed by atoms with E-state index in [1.807, 2.05) is 23.7 Å². The number of hydrogen-bond donors (Lipinski definition) is 0. The predicted molar refractivity (Wildman–Crippen MR) is 79.0 cm³/mol. The summed E-state index contributed by atoms with van der Waals surface area (Å²) in [6.07, 6.45) is -0.765. The first-order chi connectivity index (χ1) is 10.7. The van der Waals surface area contributed by atoms with E-state index in [1.165, 1.54) is 0 Å². The van der Waals surface area contributed by atoms with Crippen molar-refractivity contribution in [2.24, 2.45) is 0 Å². The summed E-state index contributed by atoms with van der Waals surface area (Å²) in [6.45, 7) is 4.00. The Morgan fingerprint density at radius 1 is 1.32 bits per heavy atom. The van der Waals surface area contributed by atoms with Crippen LogP contribution in [0.2, 0.25) is 0 Å². The normalized spacial score (nSPS) is 18.8. The number of para-hydroxylation sites is 1. The fraction of sp³-hybridized carbons (Fsp3) is 0.438. The number of fused-ring (bicyclic) bond motifs is 1. The van der Waals surface area contributed by atoms with Crippen LogP contribution in [0.25, 0.3) is 0 Å². The van der Waals surface area contributed by atoms with E-state index in [0.717, 1.165) is 12.2 Å². The summed E-state index contributed by atoms with van der Waals surface area (Å²) in [5.41, 5.74) is 1.49. The highest BCUT2D eigenvalue weighted by molar-refractivity contribution is 5.37. The van der Waals surface area contributed by atoms with Crippen molar-refractivity contribution in [3.8, 4) is 5.75 Å². The van der Waals surface area contributed by atoms with E-state index < -0.39 is 12.5 Å². The number of benzene rings is 1. The lowest BCUT2D eigenvalue weighted by molar-refractivity contribution is 0.0195. The van der Waals surface area contributed by atoms with Crippen molar-refractivity contribution in [3.05, 3.63) is 47.8 Å². The number of hydrogen-bond acceptors (Lipinski definition) is 3. The Hall–Kier alpha value is -1.95. The predicted octanol–water partition coefficient (Wildman–Crippen LogP) is 3.10. The highest BCUT2D eigenvalue weighted by atomic mass is 19.3. The molecule has 3 rings (SSSR count). The Bertz CT molecular complexity index is 629. The van der Waals surface area contributed by atoms with Crippen LogP contribution in [0.3, 0.4) is 0 Å². The molecule has 0 spiro atoms. The summed E-state index contributed by atoms with van der Waals surface area (Å²) in [7, 11) is 0. The number of alkyl halides is 2. The van der Waals surface area contributed by atoms with Gasteiger partial charge in [-0.3, -0.25) is 9.58 Å². The molecule has 0 bridgehead atoms. The fourth-order valence-corrected chi connectivity index (χ4v) is 2.92. The van der Waals surface area contributed by atoms with Gasteiger partial charge in [0.1, 0.15) is 18.4 Å². The molecule has 1 aromatic carbocycles. The van der Waals surface area contributed by atoms with Crippen LogP contribution in [-0.4, -0.2) is 34.3 Å². The average molecular weight is 307 g/mol. The zero-order valence-corrected chi connectivity index (χ0v) is 12.5. The van der Waals surface area contributed by atoms with Crippen molar-refractivity contribution in [2.45, 2.75) is 32.5 Å². The summed E-state index contributed by atoms with van der Waals surface area (Å²) in [5, 5.41) is 4.21. The molecule has 0 radical (unpaired) electrons. The van der Waals surface area contributed by atoms with E-state index in [0.29, 0.717) is 31.0 Å². The maximum absolute atomic E-state index is 13.7. The highest BCUT2D eigenvalue weighted by Gasteiger charge is 2.33. The number of aromatic nitrogens is 2. The van der Waals surface area contributed by atoms with Crippen molar-refractivity contribution in [2.75, 3.05) is 13.2 Å². The second-order valence-corrected chi connectivity index (χ2v) is 5.27. The zero-order chi connectivity index (χ0) is 15.5. The van der Waals surface area contributed by atoms with Crippen molar-refractivity contribution < 1.29 is 13.5 Å². The molecule has 6 heteroatoms. The smallest absolute Gasteiger partial charge is 0.258 e. The highest BCUT2D eigenvalue weighted by Crippen LogP contribution is 2.36. The van der Waals surface area contributed by atoms with Gasteiger partial charge in [-0.2, -0.15) is 5.10 Å². The van der Waals surface area contributed by atoms with Crippen LogP contribution in [0.15, 0.2) is 36.5 Å². The maximum atomic E-state index is 13.7. The Balaban J connectivity index is 1.92. The molecule has 118 valence electrons. The molecule has 0 saturated heterocycles. The molecule has 0 N–H and O–H groups in total. The zero-order valence-electron chi connectivity index (χ0n) is 12.5. The van der Waals surface area contributed by atoms with E-state index in [2.05, 4.69) is 5.10 Å². The summed E-state index contributed by atoms with van der Waals surface area (Å²) in [4.78, 5) is 1.78. The molecule has 1 aliphatic rings. The van der Waals surface area contributed by atoms with Gasteiger partial charge in [0.05, 0.1) is 5.69 Å². The third-order valence-corrected chi connectivity index (χ3v) is 3.97. The topological polar surface area (TPSA) is 30.3 Å². The minimum Gasteiger partial charge on any atom is -0.492 e. The lowest BCUT2D eigenvalue weighted by Gasteiger charge is -2.29. The first kappa shape index (κ1) is 15.0. The van der Waals surface area contributed by atoms with Gasteiger partial charge in [-0.25, -0.2) is 8.78 Å². The van der Waals surface area contributed by atoms with Gasteiger partial charge < -0.3 is 4.74 Å². The molecule has 0 fully saturated rings. The molecule has 4 nitrogen and oxygen atoms in total. The van der Waals surface area contributed by atoms with E-state index in [1.54, 1.807) is 29.3 Å². The standard InChI is InChI=1S/C16H19F2N3O/c1-2-21-12(7-8-19-21)11-20-9-10-22-14-6-4-3-5-13(14)15(20)16(17)18/h3-8,15-16H,2,9-11H2,1H3. The van der Waals surface area contributed by atoms with Gasteiger partial charge in [0.2, 0.25) is 0 Å². The van der Waals surface area contributed by atoms with Crippen LogP contribution < -0.4 is 4.74 Å². The number of rotatable bonds is 4. The second-order valence-electron chi connectivity index (χ2n) is 5.27. The number of ether oxygens (including phenoxy) is 1. The Kier molecular flexibility index (Phi) is 4.38. The van der Waals surface area contributed by atoms with Gasteiger partial charge >= 0.3 is 0 Å². The molecule has 0 aliphatic carbocycles. The van der Waals surface area contributed by atoms with E-state index in [-0.39, 0.29) is 0 Å². The number of nitrogens with zero attached hydrogens (tertiary/aromatic N) is 3. The molecule has 1 atom stereocenters. The molecular formula is C16H19F2N3O. The fourth-order valence-electron chi connectivity index (χ4n) is 2.92. The summed E-state index contributed by atoms with van der Waals surface area (Å²) < 4.78 is 34.9. The van der Waals surface area contributed by atoms with Gasteiger partial charge in [-0.05, 0) is 19.1 Å². The van der Waals surface area contributed by atoms with E-state index in [4.69, 9.17) is 4.74 Å². The second kappa shape index (κ2) is 6.44. The maximum Gasteiger partial charge on any atom is 0.258 e. The molecule has 0 saturated carbocycles. The average Bonchev–Trinajstić information content (AvgIpc) is 2.87. The van der Waals surface area contributed by atoms with Gasteiger partial charge in [-0.1, -0.05) is 18.2 Å². The van der Waals surface area contributed by atoms with Gasteiger partial charge in [0.25, 0.3) is 6.43 Å². The van der Waals surface area contributed by atoms with Crippen LogP contribution in [-0.2, 0) is 13.1 Å². The minimum absolute atomic E-state index is 0.403. The van der Waals surface area contributed by atoms with Gasteiger partial charge in [0, 0.05) is 31.4 Å². The SMILES string of the molecule is CCn1nccc1CN1CCOc2ccccc2C1C(F)F. The number of aryl methyl sites for hydroxylation is 1. The Labute approximate surface area is 128 Å². The van der Waals surface area contributed by atoms with Crippen LogP contribution in [0, 0.1) is 0 Å². The van der Waals surface area contributed by atoms with Crippen molar-refractivity contribution >= 4 is 0 Å². The van der Waals surface area contributed by atoms with Crippen LogP contribution in [0.4, 0.5) is 8.78 Å². The third-order valence-electron chi connectivity index (χ3n) is 3.97. The van der Waals surface area contributed by atoms with Crippen LogP contribution >= 0.6 is 0 Å². The first-order valence-electron chi connectivity index (χ1n) is 7.45. The third kappa shape index (κ3) is 2.83. The minimum atomic E-state index is -2.47. The molecule has 1 unspecified atom stereocenters. The van der Waals surface area contributed by atoms with E-state index >= 15 is 0 Å². The van der Waals surface area contributed by atoms with Gasteiger partial charge in [0.15, 0.2) is 0 Å².